The van der Waals surface area contributed by atoms with Gasteiger partial charge in [0.1, 0.15) is 5.56 Å². The van der Waals surface area contributed by atoms with Crippen LogP contribution in [0.2, 0.25) is 0 Å². The summed E-state index contributed by atoms with van der Waals surface area (Å²) < 4.78 is 28.0. The Balaban J connectivity index is 1.99. The number of carbonyl (C=O) groups is 1. The van der Waals surface area contributed by atoms with Crippen LogP contribution >= 0.6 is 0 Å². The van der Waals surface area contributed by atoms with E-state index in [2.05, 4.69) is 5.10 Å². The van der Waals surface area contributed by atoms with Gasteiger partial charge in [-0.3, -0.25) is 4.68 Å². The van der Waals surface area contributed by atoms with Crippen molar-refractivity contribution in [1.29, 1.82) is 0 Å². The molecule has 0 aliphatic carbocycles. The third-order valence-electron chi connectivity index (χ3n) is 4.20. The maximum absolute atomic E-state index is 12.7. The molecule has 1 aliphatic heterocycles. The summed E-state index contributed by atoms with van der Waals surface area (Å²) in [7, 11) is -3.88. The maximum atomic E-state index is 12.7. The summed E-state index contributed by atoms with van der Waals surface area (Å²) in [6.07, 6.45) is 2.86. The van der Waals surface area contributed by atoms with E-state index in [0.717, 1.165) is 24.0 Å². The van der Waals surface area contributed by atoms with E-state index in [1.807, 2.05) is 31.2 Å². The zero-order chi connectivity index (χ0) is 17.3. The number of nitrogens with zero attached hydrogens (tertiary/aromatic N) is 3. The van der Waals surface area contributed by atoms with Crippen LogP contribution < -0.4 is 0 Å². The van der Waals surface area contributed by atoms with E-state index < -0.39 is 16.0 Å². The average molecular weight is 349 g/mol. The van der Waals surface area contributed by atoms with Crippen LogP contribution in [0.15, 0.2) is 35.5 Å². The summed E-state index contributed by atoms with van der Waals surface area (Å²) in [5.74, 6) is -1.29. The first-order chi connectivity index (χ1) is 11.4. The molecule has 0 bridgehead atoms. The van der Waals surface area contributed by atoms with Gasteiger partial charge in [0, 0.05) is 19.3 Å². The van der Waals surface area contributed by atoms with Crippen molar-refractivity contribution in [2.45, 2.75) is 31.3 Å². The van der Waals surface area contributed by atoms with Crippen molar-refractivity contribution < 1.29 is 18.3 Å². The summed E-state index contributed by atoms with van der Waals surface area (Å²) in [6.45, 7) is 3.08. The molecule has 1 N–H and O–H groups in total. The Bertz CT molecular complexity index is 867. The summed E-state index contributed by atoms with van der Waals surface area (Å²) >= 11 is 0. The van der Waals surface area contributed by atoms with E-state index in [0.29, 0.717) is 19.6 Å². The quantitative estimate of drug-likeness (QED) is 0.887. The smallest absolute Gasteiger partial charge is 0.340 e. The zero-order valence-corrected chi connectivity index (χ0v) is 14.2. The van der Waals surface area contributed by atoms with Crippen molar-refractivity contribution >= 4 is 16.0 Å². The van der Waals surface area contributed by atoms with Gasteiger partial charge in [0.15, 0.2) is 0 Å². The molecule has 0 spiro atoms. The number of hydrogen-bond donors (Lipinski definition) is 1. The van der Waals surface area contributed by atoms with Gasteiger partial charge in [-0.05, 0) is 30.9 Å². The van der Waals surface area contributed by atoms with Gasteiger partial charge >= 0.3 is 5.97 Å². The topological polar surface area (TPSA) is 92.5 Å². The average Bonchev–Trinajstić information content (AvgIpc) is 3.19. The predicted octanol–water partition coefficient (Wildman–Crippen LogP) is 1.72. The van der Waals surface area contributed by atoms with Gasteiger partial charge < -0.3 is 5.11 Å². The molecule has 0 radical (unpaired) electrons. The van der Waals surface area contributed by atoms with Crippen LogP contribution in [0, 0.1) is 6.92 Å². The molecule has 0 atom stereocenters. The molecule has 1 saturated heterocycles. The molecule has 0 amide bonds. The number of carboxylic acid groups (broad SMARTS) is 1. The Morgan fingerprint density at radius 1 is 1.25 bits per heavy atom. The zero-order valence-electron chi connectivity index (χ0n) is 13.3. The maximum Gasteiger partial charge on any atom is 0.340 e. The van der Waals surface area contributed by atoms with Crippen molar-refractivity contribution in [3.8, 4) is 0 Å². The second-order valence-electron chi connectivity index (χ2n) is 5.89. The normalized spacial score (nSPS) is 15.7. The van der Waals surface area contributed by atoms with E-state index in [1.54, 1.807) is 0 Å². The molecule has 1 aliphatic rings. The highest BCUT2D eigenvalue weighted by Crippen LogP contribution is 2.23. The van der Waals surface area contributed by atoms with Crippen LogP contribution in [0.1, 0.15) is 34.3 Å². The molecule has 8 heteroatoms. The van der Waals surface area contributed by atoms with Crippen molar-refractivity contribution in [3.63, 3.8) is 0 Å². The SMILES string of the molecule is Cc1ccccc1Cn1cc(C(=O)O)c(S(=O)(=O)N2CCCC2)n1. The van der Waals surface area contributed by atoms with Crippen molar-refractivity contribution in [1.82, 2.24) is 14.1 Å². The molecule has 1 aromatic carbocycles. The fourth-order valence-corrected chi connectivity index (χ4v) is 4.44. The summed E-state index contributed by atoms with van der Waals surface area (Å²) in [6, 6.07) is 7.64. The minimum Gasteiger partial charge on any atom is -0.478 e. The van der Waals surface area contributed by atoms with Crippen LogP contribution in [0.25, 0.3) is 0 Å². The van der Waals surface area contributed by atoms with Crippen LogP contribution in [-0.2, 0) is 16.6 Å². The number of aryl methyl sites for hydroxylation is 1. The largest absolute Gasteiger partial charge is 0.478 e. The molecular formula is C16H19N3O4S. The highest BCUT2D eigenvalue weighted by atomic mass is 32.2. The van der Waals surface area contributed by atoms with E-state index in [1.165, 1.54) is 15.2 Å². The van der Waals surface area contributed by atoms with Crippen molar-refractivity contribution in [2.24, 2.45) is 0 Å². The highest BCUT2D eigenvalue weighted by molar-refractivity contribution is 7.89. The fourth-order valence-electron chi connectivity index (χ4n) is 2.83. The lowest BCUT2D eigenvalue weighted by atomic mass is 10.1. The van der Waals surface area contributed by atoms with E-state index in [-0.39, 0.29) is 10.6 Å². The molecule has 3 rings (SSSR count). The Labute approximate surface area is 140 Å². The minimum absolute atomic E-state index is 0.282. The van der Waals surface area contributed by atoms with Gasteiger partial charge in [-0.15, -0.1) is 0 Å². The van der Waals surface area contributed by atoms with Gasteiger partial charge in [0.05, 0.1) is 6.54 Å². The second-order valence-corrected chi connectivity index (χ2v) is 7.74. The third kappa shape index (κ3) is 3.07. The van der Waals surface area contributed by atoms with E-state index >= 15 is 0 Å². The number of hydrogen-bond acceptors (Lipinski definition) is 4. The standard InChI is InChI=1S/C16H19N3O4S/c1-12-6-2-3-7-13(12)10-18-11-14(16(20)21)15(17-18)24(22,23)19-8-4-5-9-19/h2-3,6-7,11H,4-5,8-10H2,1H3,(H,20,21). The highest BCUT2D eigenvalue weighted by Gasteiger charge is 2.34. The third-order valence-corrected chi connectivity index (χ3v) is 6.04. The molecule has 2 heterocycles. The summed E-state index contributed by atoms with van der Waals surface area (Å²) in [5.41, 5.74) is 1.71. The van der Waals surface area contributed by atoms with Gasteiger partial charge in [0.2, 0.25) is 5.03 Å². The monoisotopic (exact) mass is 349 g/mol. The molecule has 0 saturated carbocycles. The minimum atomic E-state index is -3.88. The summed E-state index contributed by atoms with van der Waals surface area (Å²) in [5, 5.41) is 13.1. The van der Waals surface area contributed by atoms with Crippen molar-refractivity contribution in [3.05, 3.63) is 47.2 Å². The first kappa shape index (κ1) is 16.7. The molecule has 7 nitrogen and oxygen atoms in total. The Morgan fingerprint density at radius 3 is 2.54 bits per heavy atom. The number of benzene rings is 1. The van der Waals surface area contributed by atoms with Gasteiger partial charge in [0.25, 0.3) is 10.0 Å². The molecule has 1 fully saturated rings. The lowest BCUT2D eigenvalue weighted by Gasteiger charge is -2.13. The van der Waals surface area contributed by atoms with Crippen LogP contribution in [0.5, 0.6) is 0 Å². The van der Waals surface area contributed by atoms with Crippen LogP contribution in [0.4, 0.5) is 0 Å². The number of rotatable bonds is 5. The van der Waals surface area contributed by atoms with Gasteiger partial charge in [-0.25, -0.2) is 13.2 Å². The number of aromatic nitrogens is 2. The van der Waals surface area contributed by atoms with E-state index in [4.69, 9.17) is 0 Å². The lowest BCUT2D eigenvalue weighted by molar-refractivity contribution is 0.0692. The number of sulfonamides is 1. The molecule has 2 aromatic rings. The Morgan fingerprint density at radius 2 is 1.92 bits per heavy atom. The van der Waals surface area contributed by atoms with E-state index in [9.17, 15) is 18.3 Å². The van der Waals surface area contributed by atoms with Crippen LogP contribution in [-0.4, -0.2) is 46.7 Å². The van der Waals surface area contributed by atoms with Gasteiger partial charge in [-0.2, -0.15) is 9.40 Å². The molecule has 128 valence electrons. The fraction of sp³-hybridized carbons (Fsp3) is 0.375. The number of carboxylic acids is 1. The first-order valence-corrected chi connectivity index (χ1v) is 9.19. The Hall–Kier alpha value is -2.19. The Kier molecular flexibility index (Phi) is 4.42. The molecular weight excluding hydrogens is 330 g/mol. The second kappa shape index (κ2) is 6.37. The molecule has 1 aromatic heterocycles. The number of aromatic carboxylic acids is 1. The molecule has 0 unspecified atom stereocenters. The predicted molar refractivity (Wildman–Crippen MR) is 87.5 cm³/mol. The van der Waals surface area contributed by atoms with Crippen molar-refractivity contribution in [2.75, 3.05) is 13.1 Å². The van der Waals surface area contributed by atoms with Crippen LogP contribution in [0.3, 0.4) is 0 Å². The first-order valence-electron chi connectivity index (χ1n) is 7.75. The molecule has 24 heavy (non-hydrogen) atoms. The lowest BCUT2D eigenvalue weighted by Crippen LogP contribution is -2.29. The summed E-state index contributed by atoms with van der Waals surface area (Å²) in [4.78, 5) is 11.5. The van der Waals surface area contributed by atoms with Gasteiger partial charge in [-0.1, -0.05) is 24.3 Å².